The Labute approximate surface area is 84.5 Å². The average molecular weight is 185 g/mol. The number of nitrogens with zero attached hydrogens (tertiary/aromatic N) is 1. The fraction of sp³-hybridized carbons (Fsp3) is 1.00. The van der Waals surface area contributed by atoms with Crippen LogP contribution in [0.2, 0.25) is 0 Å². The molecule has 0 amide bonds. The molecule has 0 fully saturated rings. The normalized spacial score (nSPS) is 13.6. The van der Waals surface area contributed by atoms with Crippen LogP contribution in [0, 0.1) is 5.92 Å². The minimum Gasteiger partial charge on any atom is -0.309 e. The molecule has 0 bridgehead atoms. The molecule has 0 spiro atoms. The lowest BCUT2D eigenvalue weighted by molar-refractivity contribution is 0.373. The summed E-state index contributed by atoms with van der Waals surface area (Å²) in [5.74, 6) is 0.946. The Morgan fingerprint density at radius 1 is 1.00 bits per heavy atom. The van der Waals surface area contributed by atoms with Crippen molar-refractivity contribution >= 4 is 0 Å². The van der Waals surface area contributed by atoms with Crippen LogP contribution in [0.3, 0.4) is 0 Å². The summed E-state index contributed by atoms with van der Waals surface area (Å²) >= 11 is 0. The van der Waals surface area contributed by atoms with Gasteiger partial charge in [-0.1, -0.05) is 46.0 Å². The van der Waals surface area contributed by atoms with Crippen LogP contribution in [0.15, 0.2) is 0 Å². The minimum absolute atomic E-state index is 0.946. The molecule has 1 heteroatoms. The molecule has 1 unspecified atom stereocenters. The van der Waals surface area contributed by atoms with Gasteiger partial charge in [-0.05, 0) is 33.0 Å². The molecular formula is C12H27N. The van der Waals surface area contributed by atoms with Gasteiger partial charge in [0.2, 0.25) is 0 Å². The summed E-state index contributed by atoms with van der Waals surface area (Å²) < 4.78 is 0. The predicted molar refractivity (Wildman–Crippen MR) is 61.1 cm³/mol. The molecule has 0 aliphatic rings. The predicted octanol–water partition coefficient (Wildman–Crippen LogP) is 3.54. The fourth-order valence-corrected chi connectivity index (χ4v) is 1.62. The van der Waals surface area contributed by atoms with Gasteiger partial charge in [0.05, 0.1) is 0 Å². The van der Waals surface area contributed by atoms with Crippen molar-refractivity contribution in [2.45, 2.75) is 52.4 Å². The zero-order valence-electron chi connectivity index (χ0n) is 9.97. The Bertz CT molecular complexity index is 99.3. The molecule has 0 saturated heterocycles. The van der Waals surface area contributed by atoms with Gasteiger partial charge in [0.15, 0.2) is 0 Å². The van der Waals surface area contributed by atoms with Crippen molar-refractivity contribution in [2.75, 3.05) is 20.6 Å². The Kier molecular flexibility index (Phi) is 8.53. The summed E-state index contributed by atoms with van der Waals surface area (Å²) in [6.07, 6.45) is 8.38. The molecule has 13 heavy (non-hydrogen) atoms. The van der Waals surface area contributed by atoms with Gasteiger partial charge in [-0.2, -0.15) is 0 Å². The first kappa shape index (κ1) is 13.0. The van der Waals surface area contributed by atoms with E-state index in [4.69, 9.17) is 0 Å². The van der Waals surface area contributed by atoms with Gasteiger partial charge in [0, 0.05) is 0 Å². The van der Waals surface area contributed by atoms with Crippen molar-refractivity contribution in [3.8, 4) is 0 Å². The second-order valence-electron chi connectivity index (χ2n) is 4.55. The van der Waals surface area contributed by atoms with Crippen molar-refractivity contribution in [3.05, 3.63) is 0 Å². The van der Waals surface area contributed by atoms with Crippen LogP contribution in [0.5, 0.6) is 0 Å². The molecule has 80 valence electrons. The summed E-state index contributed by atoms with van der Waals surface area (Å²) in [6, 6.07) is 0. The van der Waals surface area contributed by atoms with Crippen LogP contribution in [-0.2, 0) is 0 Å². The molecule has 0 heterocycles. The maximum absolute atomic E-state index is 2.39. The van der Waals surface area contributed by atoms with E-state index in [0.29, 0.717) is 0 Å². The number of rotatable bonds is 8. The van der Waals surface area contributed by atoms with Gasteiger partial charge in [0.25, 0.3) is 0 Å². The van der Waals surface area contributed by atoms with Crippen LogP contribution < -0.4 is 0 Å². The Morgan fingerprint density at radius 3 is 2.15 bits per heavy atom. The molecule has 0 aliphatic heterocycles. The first-order valence-electron chi connectivity index (χ1n) is 5.81. The van der Waals surface area contributed by atoms with E-state index in [2.05, 4.69) is 32.8 Å². The van der Waals surface area contributed by atoms with E-state index in [-0.39, 0.29) is 0 Å². The van der Waals surface area contributed by atoms with E-state index < -0.39 is 0 Å². The van der Waals surface area contributed by atoms with Crippen molar-refractivity contribution in [2.24, 2.45) is 5.92 Å². The second kappa shape index (κ2) is 8.55. The van der Waals surface area contributed by atoms with Crippen LogP contribution in [0.4, 0.5) is 0 Å². The van der Waals surface area contributed by atoms with Gasteiger partial charge in [-0.3, -0.25) is 0 Å². The fourth-order valence-electron chi connectivity index (χ4n) is 1.62. The minimum atomic E-state index is 0.946. The van der Waals surface area contributed by atoms with E-state index >= 15 is 0 Å². The third kappa shape index (κ3) is 9.88. The first-order chi connectivity index (χ1) is 6.16. The SMILES string of the molecule is CCCCC(C)CCCCN(C)C. The van der Waals surface area contributed by atoms with Gasteiger partial charge in [-0.25, -0.2) is 0 Å². The highest BCUT2D eigenvalue weighted by atomic mass is 15.0. The second-order valence-corrected chi connectivity index (χ2v) is 4.55. The highest BCUT2D eigenvalue weighted by Gasteiger charge is 2.00. The average Bonchev–Trinajstić information content (AvgIpc) is 2.08. The Balaban J connectivity index is 3.12. The van der Waals surface area contributed by atoms with Crippen molar-refractivity contribution in [1.82, 2.24) is 4.90 Å². The lowest BCUT2D eigenvalue weighted by atomic mass is 9.98. The summed E-state index contributed by atoms with van der Waals surface area (Å²) in [5.41, 5.74) is 0. The summed E-state index contributed by atoms with van der Waals surface area (Å²) in [6.45, 7) is 5.92. The highest BCUT2D eigenvalue weighted by molar-refractivity contribution is 4.54. The maximum Gasteiger partial charge on any atom is -0.00248 e. The third-order valence-corrected chi connectivity index (χ3v) is 2.60. The lowest BCUT2D eigenvalue weighted by Gasteiger charge is -2.12. The van der Waals surface area contributed by atoms with Gasteiger partial charge >= 0.3 is 0 Å². The molecule has 0 rings (SSSR count). The molecule has 0 saturated carbocycles. The summed E-state index contributed by atoms with van der Waals surface area (Å²) in [7, 11) is 4.31. The molecule has 0 radical (unpaired) electrons. The quantitative estimate of drug-likeness (QED) is 0.523. The largest absolute Gasteiger partial charge is 0.309 e. The van der Waals surface area contributed by atoms with Gasteiger partial charge in [0.1, 0.15) is 0 Å². The molecule has 1 atom stereocenters. The van der Waals surface area contributed by atoms with Crippen molar-refractivity contribution in [3.63, 3.8) is 0 Å². The van der Waals surface area contributed by atoms with E-state index in [1.807, 2.05) is 0 Å². The van der Waals surface area contributed by atoms with Gasteiger partial charge in [-0.15, -0.1) is 0 Å². The number of hydrogen-bond donors (Lipinski definition) is 0. The highest BCUT2D eigenvalue weighted by Crippen LogP contribution is 2.14. The molecule has 0 N–H and O–H groups in total. The zero-order valence-corrected chi connectivity index (χ0v) is 9.97. The van der Waals surface area contributed by atoms with Gasteiger partial charge < -0.3 is 4.90 Å². The molecule has 0 aromatic rings. The summed E-state index contributed by atoms with van der Waals surface area (Å²) in [4.78, 5) is 2.27. The smallest absolute Gasteiger partial charge is 0.00248 e. The monoisotopic (exact) mass is 185 g/mol. The van der Waals surface area contributed by atoms with Crippen molar-refractivity contribution in [1.29, 1.82) is 0 Å². The lowest BCUT2D eigenvalue weighted by Crippen LogP contribution is -2.12. The third-order valence-electron chi connectivity index (χ3n) is 2.60. The molecular weight excluding hydrogens is 158 g/mol. The molecule has 1 nitrogen and oxygen atoms in total. The van der Waals surface area contributed by atoms with Crippen LogP contribution >= 0.6 is 0 Å². The maximum atomic E-state index is 2.39. The Hall–Kier alpha value is -0.0400. The van der Waals surface area contributed by atoms with E-state index in [9.17, 15) is 0 Å². The van der Waals surface area contributed by atoms with Crippen LogP contribution in [0.25, 0.3) is 0 Å². The van der Waals surface area contributed by atoms with E-state index in [1.54, 1.807) is 0 Å². The van der Waals surface area contributed by atoms with E-state index in [0.717, 1.165) is 5.92 Å². The van der Waals surface area contributed by atoms with Crippen molar-refractivity contribution < 1.29 is 0 Å². The molecule has 0 aliphatic carbocycles. The summed E-state index contributed by atoms with van der Waals surface area (Å²) in [5, 5.41) is 0. The standard InChI is InChI=1S/C12H27N/c1-5-6-9-12(2)10-7-8-11-13(3)4/h12H,5-11H2,1-4H3. The number of hydrogen-bond acceptors (Lipinski definition) is 1. The zero-order chi connectivity index (χ0) is 10.1. The first-order valence-corrected chi connectivity index (χ1v) is 5.81. The number of unbranched alkanes of at least 4 members (excludes halogenated alkanes) is 2. The van der Waals surface area contributed by atoms with Crippen LogP contribution in [0.1, 0.15) is 52.4 Å². The molecule has 0 aromatic carbocycles. The Morgan fingerprint density at radius 2 is 1.62 bits per heavy atom. The topological polar surface area (TPSA) is 3.24 Å². The molecule has 0 aromatic heterocycles. The van der Waals surface area contributed by atoms with E-state index in [1.165, 1.54) is 45.1 Å². The van der Waals surface area contributed by atoms with Crippen LogP contribution in [-0.4, -0.2) is 25.5 Å².